The van der Waals surface area contributed by atoms with Crippen molar-refractivity contribution in [3.63, 3.8) is 0 Å². The van der Waals surface area contributed by atoms with E-state index in [-0.39, 0.29) is 11.5 Å². The van der Waals surface area contributed by atoms with Gasteiger partial charge in [-0.1, -0.05) is 29.5 Å². The standard InChI is InChI=1S/C21H22N2O4S2/c1-6-27-20(25)16-15(14-8-7-11(2)12(3)9-14)10-28-19(16)22-18(24)17-13(4)23(5)21(26)29-17/h7-10H,6H2,1-5H3,(H,22,24). The molecule has 8 heteroatoms. The molecule has 2 aromatic heterocycles. The van der Waals surface area contributed by atoms with Crippen molar-refractivity contribution in [1.29, 1.82) is 0 Å². The van der Waals surface area contributed by atoms with Gasteiger partial charge in [0.15, 0.2) is 0 Å². The summed E-state index contributed by atoms with van der Waals surface area (Å²) in [4.78, 5) is 37.5. The normalized spacial score (nSPS) is 10.8. The van der Waals surface area contributed by atoms with E-state index in [4.69, 9.17) is 4.74 Å². The molecule has 0 fully saturated rings. The molecule has 0 aliphatic carbocycles. The van der Waals surface area contributed by atoms with E-state index in [1.807, 2.05) is 37.4 Å². The highest BCUT2D eigenvalue weighted by Gasteiger charge is 2.25. The summed E-state index contributed by atoms with van der Waals surface area (Å²) in [5.41, 5.74) is 4.78. The summed E-state index contributed by atoms with van der Waals surface area (Å²) in [6, 6.07) is 5.96. The Balaban J connectivity index is 2.04. The summed E-state index contributed by atoms with van der Waals surface area (Å²) in [6.45, 7) is 7.72. The van der Waals surface area contributed by atoms with Crippen LogP contribution in [0.3, 0.4) is 0 Å². The number of esters is 1. The number of carbonyl (C=O) groups is 2. The molecule has 0 saturated heterocycles. The topological polar surface area (TPSA) is 77.4 Å². The van der Waals surface area contributed by atoms with Crippen LogP contribution in [0.1, 0.15) is 43.8 Å². The Bertz CT molecular complexity index is 1150. The molecular weight excluding hydrogens is 408 g/mol. The van der Waals surface area contributed by atoms with Gasteiger partial charge in [-0.25, -0.2) is 4.79 Å². The lowest BCUT2D eigenvalue weighted by atomic mass is 9.99. The predicted octanol–water partition coefficient (Wildman–Crippen LogP) is 4.53. The number of nitrogens with one attached hydrogen (secondary N) is 1. The molecular formula is C21H22N2O4S2. The zero-order chi connectivity index (χ0) is 21.3. The average molecular weight is 431 g/mol. The van der Waals surface area contributed by atoms with E-state index in [9.17, 15) is 14.4 Å². The van der Waals surface area contributed by atoms with Crippen LogP contribution >= 0.6 is 22.7 Å². The largest absolute Gasteiger partial charge is 0.462 e. The molecule has 152 valence electrons. The molecule has 1 aromatic carbocycles. The van der Waals surface area contributed by atoms with Crippen LogP contribution in [0.4, 0.5) is 5.00 Å². The van der Waals surface area contributed by atoms with E-state index in [1.165, 1.54) is 15.9 Å². The van der Waals surface area contributed by atoms with Crippen LogP contribution in [-0.2, 0) is 11.8 Å². The smallest absolute Gasteiger partial charge is 0.341 e. The summed E-state index contributed by atoms with van der Waals surface area (Å²) in [6.07, 6.45) is 0. The zero-order valence-corrected chi connectivity index (χ0v) is 18.5. The van der Waals surface area contributed by atoms with Crippen molar-refractivity contribution in [2.45, 2.75) is 27.7 Å². The quantitative estimate of drug-likeness (QED) is 0.603. The lowest BCUT2D eigenvalue weighted by Crippen LogP contribution is -2.15. The Labute approximate surface area is 176 Å². The maximum atomic E-state index is 12.8. The molecule has 1 amide bonds. The van der Waals surface area contributed by atoms with E-state index in [2.05, 4.69) is 5.32 Å². The van der Waals surface area contributed by atoms with E-state index >= 15 is 0 Å². The minimum Gasteiger partial charge on any atom is -0.462 e. The number of carbonyl (C=O) groups excluding carboxylic acids is 2. The van der Waals surface area contributed by atoms with E-state index in [0.29, 0.717) is 26.7 Å². The van der Waals surface area contributed by atoms with Crippen LogP contribution in [0.5, 0.6) is 0 Å². The molecule has 0 unspecified atom stereocenters. The number of hydrogen-bond acceptors (Lipinski definition) is 6. The fourth-order valence-electron chi connectivity index (χ4n) is 2.87. The third-order valence-electron chi connectivity index (χ3n) is 4.82. The lowest BCUT2D eigenvalue weighted by molar-refractivity contribution is 0.0529. The molecule has 3 aromatic rings. The fourth-order valence-corrected chi connectivity index (χ4v) is 4.70. The molecule has 0 atom stereocenters. The molecule has 29 heavy (non-hydrogen) atoms. The first-order valence-corrected chi connectivity index (χ1v) is 10.8. The molecule has 3 rings (SSSR count). The Kier molecular flexibility index (Phi) is 6.04. The van der Waals surface area contributed by atoms with E-state index in [1.54, 1.807) is 20.9 Å². The third-order valence-corrected chi connectivity index (χ3v) is 6.85. The summed E-state index contributed by atoms with van der Waals surface area (Å²) in [5.74, 6) is -0.903. The maximum Gasteiger partial charge on any atom is 0.341 e. The van der Waals surface area contributed by atoms with Crippen molar-refractivity contribution >= 4 is 39.6 Å². The van der Waals surface area contributed by atoms with Crippen molar-refractivity contribution in [2.75, 3.05) is 11.9 Å². The van der Waals surface area contributed by atoms with Gasteiger partial charge in [0.05, 0.1) is 6.61 Å². The second-order valence-electron chi connectivity index (χ2n) is 6.67. The maximum absolute atomic E-state index is 12.8. The number of aryl methyl sites for hydroxylation is 2. The predicted molar refractivity (Wildman–Crippen MR) is 117 cm³/mol. The Morgan fingerprint density at radius 1 is 1.17 bits per heavy atom. The van der Waals surface area contributed by atoms with Crippen molar-refractivity contribution in [3.05, 3.63) is 60.5 Å². The molecule has 0 radical (unpaired) electrons. The Morgan fingerprint density at radius 3 is 2.48 bits per heavy atom. The summed E-state index contributed by atoms with van der Waals surface area (Å²) in [7, 11) is 1.62. The van der Waals surface area contributed by atoms with Crippen molar-refractivity contribution in [3.8, 4) is 11.1 Å². The van der Waals surface area contributed by atoms with Gasteiger partial charge in [-0.3, -0.25) is 9.59 Å². The van der Waals surface area contributed by atoms with E-state index < -0.39 is 11.9 Å². The zero-order valence-electron chi connectivity index (χ0n) is 16.9. The van der Waals surface area contributed by atoms with Crippen LogP contribution in [0.25, 0.3) is 11.1 Å². The Hall–Kier alpha value is -2.71. The van der Waals surface area contributed by atoms with Gasteiger partial charge in [0.2, 0.25) is 0 Å². The van der Waals surface area contributed by atoms with Gasteiger partial charge in [0.25, 0.3) is 5.91 Å². The van der Waals surface area contributed by atoms with Crippen LogP contribution in [-0.4, -0.2) is 23.1 Å². The number of aromatic nitrogens is 1. The second kappa shape index (κ2) is 8.34. The Morgan fingerprint density at radius 2 is 1.90 bits per heavy atom. The van der Waals surface area contributed by atoms with Gasteiger partial charge >= 0.3 is 10.8 Å². The first-order chi connectivity index (χ1) is 13.7. The van der Waals surface area contributed by atoms with Crippen molar-refractivity contribution in [2.24, 2.45) is 7.05 Å². The number of anilines is 1. The van der Waals surface area contributed by atoms with Gasteiger partial charge in [-0.05, 0) is 44.4 Å². The van der Waals surface area contributed by atoms with Crippen molar-refractivity contribution < 1.29 is 14.3 Å². The van der Waals surface area contributed by atoms with Crippen LogP contribution in [0.2, 0.25) is 0 Å². The highest BCUT2D eigenvalue weighted by molar-refractivity contribution is 7.15. The monoisotopic (exact) mass is 430 g/mol. The van der Waals surface area contributed by atoms with Crippen molar-refractivity contribution in [1.82, 2.24) is 4.57 Å². The highest BCUT2D eigenvalue weighted by Crippen LogP contribution is 2.37. The number of thiophene rings is 1. The van der Waals surface area contributed by atoms with Gasteiger partial charge < -0.3 is 14.6 Å². The molecule has 0 spiro atoms. The third kappa shape index (κ3) is 4.04. The molecule has 2 heterocycles. The van der Waals surface area contributed by atoms with Crippen LogP contribution < -0.4 is 10.2 Å². The first kappa shape index (κ1) is 21.0. The fraction of sp³-hybridized carbons (Fsp3) is 0.286. The number of nitrogens with zero attached hydrogens (tertiary/aromatic N) is 1. The minimum atomic E-state index is -0.491. The summed E-state index contributed by atoms with van der Waals surface area (Å²) >= 11 is 2.15. The van der Waals surface area contributed by atoms with Gasteiger partial charge in [-0.15, -0.1) is 11.3 Å². The second-order valence-corrected chi connectivity index (χ2v) is 8.51. The van der Waals surface area contributed by atoms with Gasteiger partial charge in [0.1, 0.15) is 15.4 Å². The average Bonchev–Trinajstić information content (AvgIpc) is 3.20. The minimum absolute atomic E-state index is 0.208. The number of hydrogen-bond donors (Lipinski definition) is 1. The molecule has 1 N–H and O–H groups in total. The van der Waals surface area contributed by atoms with Gasteiger partial charge in [-0.2, -0.15) is 0 Å². The number of amides is 1. The molecule has 6 nitrogen and oxygen atoms in total. The number of ether oxygens (including phenoxy) is 1. The number of rotatable bonds is 5. The summed E-state index contributed by atoms with van der Waals surface area (Å²) < 4.78 is 6.67. The SMILES string of the molecule is CCOC(=O)c1c(-c2ccc(C)c(C)c2)csc1NC(=O)c1sc(=O)n(C)c1C. The number of benzene rings is 1. The molecule has 0 aliphatic rings. The van der Waals surface area contributed by atoms with Crippen LogP contribution in [0.15, 0.2) is 28.4 Å². The molecule has 0 bridgehead atoms. The summed E-state index contributed by atoms with van der Waals surface area (Å²) in [5, 5.41) is 5.05. The highest BCUT2D eigenvalue weighted by atomic mass is 32.1. The molecule has 0 aliphatic heterocycles. The van der Waals surface area contributed by atoms with Gasteiger partial charge in [0, 0.05) is 23.7 Å². The first-order valence-electron chi connectivity index (χ1n) is 9.08. The van der Waals surface area contributed by atoms with Crippen LogP contribution in [0, 0.1) is 20.8 Å². The lowest BCUT2D eigenvalue weighted by Gasteiger charge is -2.10. The molecule has 0 saturated carbocycles. The number of thiazole rings is 1. The van der Waals surface area contributed by atoms with E-state index in [0.717, 1.165) is 28.0 Å².